The summed E-state index contributed by atoms with van der Waals surface area (Å²) in [6.07, 6.45) is 4.48. The minimum absolute atomic E-state index is 0.412. The van der Waals surface area contributed by atoms with E-state index in [1.165, 1.54) is 12.8 Å². The smallest absolute Gasteiger partial charge is 0.201 e. The Morgan fingerprint density at radius 2 is 1.88 bits per heavy atom. The van der Waals surface area contributed by atoms with Gasteiger partial charge in [0.05, 0.1) is 5.69 Å². The Labute approximate surface area is 147 Å². The van der Waals surface area contributed by atoms with Crippen molar-refractivity contribution in [3.63, 3.8) is 0 Å². The van der Waals surface area contributed by atoms with Crippen LogP contribution in [0.15, 0.2) is 36.4 Å². The quantitative estimate of drug-likeness (QED) is 0.671. The standard InChI is InChI=1S/C19H24N6/c1-3-14(4-2)21-17-12-16(20-15-8-6-5-7-9-15)19-23-22-18(13-10-11-13)25(19)24-17/h5-9,12-14,20H,3-4,10-11H2,1-2H3,(H,21,24). The van der Waals surface area contributed by atoms with Crippen LogP contribution < -0.4 is 10.6 Å². The van der Waals surface area contributed by atoms with Crippen molar-refractivity contribution in [3.05, 3.63) is 42.2 Å². The summed E-state index contributed by atoms with van der Waals surface area (Å²) in [6.45, 7) is 4.38. The van der Waals surface area contributed by atoms with Crippen LogP contribution in [0.2, 0.25) is 0 Å². The highest BCUT2D eigenvalue weighted by molar-refractivity contribution is 5.75. The second-order valence-corrected chi connectivity index (χ2v) is 6.66. The van der Waals surface area contributed by atoms with E-state index in [4.69, 9.17) is 5.10 Å². The summed E-state index contributed by atoms with van der Waals surface area (Å²) in [4.78, 5) is 0. The van der Waals surface area contributed by atoms with E-state index in [2.05, 4.69) is 34.7 Å². The van der Waals surface area contributed by atoms with Crippen molar-refractivity contribution in [3.8, 4) is 0 Å². The van der Waals surface area contributed by atoms with Gasteiger partial charge in [0.15, 0.2) is 5.82 Å². The summed E-state index contributed by atoms with van der Waals surface area (Å²) >= 11 is 0. The van der Waals surface area contributed by atoms with E-state index in [1.54, 1.807) is 0 Å². The van der Waals surface area contributed by atoms with Crippen LogP contribution in [-0.2, 0) is 0 Å². The van der Waals surface area contributed by atoms with Crippen LogP contribution in [0.25, 0.3) is 5.65 Å². The third-order valence-corrected chi connectivity index (χ3v) is 4.73. The monoisotopic (exact) mass is 336 g/mol. The molecule has 1 aliphatic carbocycles. The molecule has 0 saturated heterocycles. The minimum atomic E-state index is 0.412. The van der Waals surface area contributed by atoms with E-state index >= 15 is 0 Å². The number of rotatable bonds is 7. The predicted octanol–water partition coefficient (Wildman–Crippen LogP) is 4.35. The van der Waals surface area contributed by atoms with Crippen molar-refractivity contribution in [2.75, 3.05) is 10.6 Å². The van der Waals surface area contributed by atoms with E-state index in [-0.39, 0.29) is 0 Å². The van der Waals surface area contributed by atoms with Crippen LogP contribution in [0.3, 0.4) is 0 Å². The van der Waals surface area contributed by atoms with Crippen LogP contribution in [0, 0.1) is 0 Å². The summed E-state index contributed by atoms with van der Waals surface area (Å²) in [5.41, 5.74) is 2.73. The third kappa shape index (κ3) is 3.29. The van der Waals surface area contributed by atoms with Crippen molar-refractivity contribution in [2.24, 2.45) is 0 Å². The SMILES string of the molecule is CCC(CC)Nc1cc(Nc2ccccc2)c2nnc(C3CC3)n2n1. The second-order valence-electron chi connectivity index (χ2n) is 6.66. The van der Waals surface area contributed by atoms with Crippen molar-refractivity contribution in [2.45, 2.75) is 51.5 Å². The van der Waals surface area contributed by atoms with Gasteiger partial charge >= 0.3 is 0 Å². The molecular formula is C19H24N6. The van der Waals surface area contributed by atoms with Crippen LogP contribution in [0.4, 0.5) is 17.2 Å². The number of nitrogens with one attached hydrogen (secondary N) is 2. The lowest BCUT2D eigenvalue weighted by atomic mass is 10.2. The molecule has 4 rings (SSSR count). The molecular weight excluding hydrogens is 312 g/mol. The molecule has 6 nitrogen and oxygen atoms in total. The zero-order chi connectivity index (χ0) is 17.2. The number of aromatic nitrogens is 4. The van der Waals surface area contributed by atoms with Crippen molar-refractivity contribution < 1.29 is 0 Å². The normalized spacial score (nSPS) is 14.2. The minimum Gasteiger partial charge on any atom is -0.366 e. The zero-order valence-corrected chi connectivity index (χ0v) is 14.7. The number of para-hydroxylation sites is 1. The highest BCUT2D eigenvalue weighted by Gasteiger charge is 2.30. The van der Waals surface area contributed by atoms with Crippen LogP contribution in [-0.4, -0.2) is 25.9 Å². The molecule has 0 atom stereocenters. The molecule has 0 aliphatic heterocycles. The van der Waals surface area contributed by atoms with Crippen molar-refractivity contribution >= 4 is 22.8 Å². The van der Waals surface area contributed by atoms with Crippen LogP contribution >= 0.6 is 0 Å². The average Bonchev–Trinajstić information content (AvgIpc) is 3.40. The fraction of sp³-hybridized carbons (Fsp3) is 0.421. The first-order chi connectivity index (χ1) is 12.3. The van der Waals surface area contributed by atoms with E-state index in [1.807, 2.05) is 40.9 Å². The first kappa shape index (κ1) is 15.9. The molecule has 1 fully saturated rings. The maximum atomic E-state index is 4.77. The zero-order valence-electron chi connectivity index (χ0n) is 14.7. The number of fused-ring (bicyclic) bond motifs is 1. The summed E-state index contributed by atoms with van der Waals surface area (Å²) in [6, 6.07) is 12.6. The van der Waals surface area contributed by atoms with Crippen molar-refractivity contribution in [1.29, 1.82) is 0 Å². The molecule has 2 N–H and O–H groups in total. The fourth-order valence-corrected chi connectivity index (χ4v) is 3.03. The van der Waals surface area contributed by atoms with Gasteiger partial charge in [0.2, 0.25) is 5.65 Å². The Balaban J connectivity index is 1.76. The van der Waals surface area contributed by atoms with Crippen LogP contribution in [0.5, 0.6) is 0 Å². The number of hydrogen-bond acceptors (Lipinski definition) is 5. The molecule has 2 heterocycles. The summed E-state index contributed by atoms with van der Waals surface area (Å²) in [5.74, 6) is 2.33. The van der Waals surface area contributed by atoms with Gasteiger partial charge in [-0.05, 0) is 37.8 Å². The lowest BCUT2D eigenvalue weighted by molar-refractivity contribution is 0.664. The molecule has 130 valence electrons. The van der Waals surface area contributed by atoms with E-state index in [9.17, 15) is 0 Å². The molecule has 0 unspecified atom stereocenters. The fourth-order valence-electron chi connectivity index (χ4n) is 3.03. The Bertz CT molecular complexity index is 849. The number of benzene rings is 1. The third-order valence-electron chi connectivity index (χ3n) is 4.73. The van der Waals surface area contributed by atoms with Gasteiger partial charge in [-0.3, -0.25) is 0 Å². The highest BCUT2D eigenvalue weighted by atomic mass is 15.4. The van der Waals surface area contributed by atoms with Gasteiger partial charge in [0.25, 0.3) is 0 Å². The molecule has 6 heteroatoms. The van der Waals surface area contributed by atoms with E-state index in [0.29, 0.717) is 12.0 Å². The summed E-state index contributed by atoms with van der Waals surface area (Å²) in [7, 11) is 0. The lowest BCUT2D eigenvalue weighted by Gasteiger charge is -2.17. The Morgan fingerprint density at radius 3 is 2.56 bits per heavy atom. The second kappa shape index (κ2) is 6.70. The number of anilines is 3. The van der Waals surface area contributed by atoms with Crippen LogP contribution in [0.1, 0.15) is 51.3 Å². The molecule has 1 aromatic carbocycles. The molecule has 0 bridgehead atoms. The highest BCUT2D eigenvalue weighted by Crippen LogP contribution is 2.39. The average molecular weight is 336 g/mol. The first-order valence-electron chi connectivity index (χ1n) is 9.13. The summed E-state index contributed by atoms with van der Waals surface area (Å²) in [5, 5.41) is 20.6. The number of nitrogens with zero attached hydrogens (tertiary/aromatic N) is 4. The van der Waals surface area contributed by atoms with Gasteiger partial charge < -0.3 is 10.6 Å². The maximum absolute atomic E-state index is 4.77. The van der Waals surface area contributed by atoms with E-state index in [0.717, 1.165) is 41.5 Å². The Kier molecular flexibility index (Phi) is 4.26. The molecule has 1 aliphatic rings. The summed E-state index contributed by atoms with van der Waals surface area (Å²) < 4.78 is 1.91. The van der Waals surface area contributed by atoms with Gasteiger partial charge in [-0.2, -0.15) is 4.52 Å². The molecule has 0 radical (unpaired) electrons. The lowest BCUT2D eigenvalue weighted by Crippen LogP contribution is -2.19. The molecule has 1 saturated carbocycles. The van der Waals surface area contributed by atoms with Gasteiger partial charge in [0.1, 0.15) is 5.82 Å². The largest absolute Gasteiger partial charge is 0.366 e. The van der Waals surface area contributed by atoms with Gasteiger partial charge in [0, 0.05) is 23.7 Å². The topological polar surface area (TPSA) is 67.1 Å². The maximum Gasteiger partial charge on any atom is 0.201 e. The first-order valence-corrected chi connectivity index (χ1v) is 9.13. The van der Waals surface area contributed by atoms with Crippen molar-refractivity contribution in [1.82, 2.24) is 19.8 Å². The van der Waals surface area contributed by atoms with Gasteiger partial charge in [-0.25, -0.2) is 0 Å². The molecule has 0 spiro atoms. The van der Waals surface area contributed by atoms with Gasteiger partial charge in [-0.1, -0.05) is 32.0 Å². The van der Waals surface area contributed by atoms with E-state index < -0.39 is 0 Å². The number of hydrogen-bond donors (Lipinski definition) is 2. The molecule has 3 aromatic rings. The van der Waals surface area contributed by atoms with Gasteiger partial charge in [-0.15, -0.1) is 15.3 Å². The Hall–Kier alpha value is -2.63. The molecule has 2 aromatic heterocycles. The Morgan fingerprint density at radius 1 is 1.12 bits per heavy atom. The molecule has 25 heavy (non-hydrogen) atoms. The molecule has 0 amide bonds. The predicted molar refractivity (Wildman–Crippen MR) is 100 cm³/mol.